The van der Waals surface area contributed by atoms with Crippen molar-refractivity contribution in [2.75, 3.05) is 40.9 Å². The number of carbonyl (C=O) groups excluding carboxylic acids is 1. The summed E-state index contributed by atoms with van der Waals surface area (Å²) >= 11 is 0. The van der Waals surface area contributed by atoms with Gasteiger partial charge < -0.3 is 19.8 Å². The summed E-state index contributed by atoms with van der Waals surface area (Å²) < 4.78 is 23.6. The molecule has 9 heteroatoms. The Bertz CT molecular complexity index is 1690. The van der Waals surface area contributed by atoms with Crippen molar-refractivity contribution in [3.05, 3.63) is 146 Å². The summed E-state index contributed by atoms with van der Waals surface area (Å²) in [4.78, 5) is 23.3. The summed E-state index contributed by atoms with van der Waals surface area (Å²) in [5, 5.41) is 13.9. The van der Waals surface area contributed by atoms with Gasteiger partial charge in [0.15, 0.2) is 0 Å². The van der Waals surface area contributed by atoms with E-state index in [4.69, 9.17) is 9.05 Å². The predicted octanol–water partition coefficient (Wildman–Crippen LogP) is 17.7. The lowest BCUT2D eigenvalue weighted by atomic mass is 10.1. The minimum atomic E-state index is -4.38. The van der Waals surface area contributed by atoms with Gasteiger partial charge in [-0.05, 0) is 116 Å². The van der Waals surface area contributed by atoms with Crippen LogP contribution in [0.1, 0.15) is 200 Å². The van der Waals surface area contributed by atoms with Gasteiger partial charge in [-0.15, -0.1) is 0 Å². The fraction of sp³-hybridized carbons (Fsp3) is 0.609. The van der Waals surface area contributed by atoms with Crippen LogP contribution < -0.4 is 5.32 Å². The summed E-state index contributed by atoms with van der Waals surface area (Å²) in [6, 6.07) is -0.900. The van der Waals surface area contributed by atoms with Crippen molar-refractivity contribution in [3.63, 3.8) is 0 Å². The molecule has 0 aliphatic rings. The number of aliphatic hydroxyl groups excluding tert-OH is 1. The van der Waals surface area contributed by atoms with Crippen LogP contribution in [0.5, 0.6) is 0 Å². The second kappa shape index (κ2) is 53.2. The number of unbranched alkanes of at least 4 members (excludes halogenated alkanes) is 15. The minimum Gasteiger partial charge on any atom is -0.387 e. The second-order valence-corrected chi connectivity index (χ2v) is 21.4. The van der Waals surface area contributed by atoms with Gasteiger partial charge in [0, 0.05) is 6.42 Å². The van der Waals surface area contributed by atoms with Gasteiger partial charge in [0.25, 0.3) is 0 Å². The molecule has 3 atom stereocenters. The number of likely N-dealkylation sites (N-methyl/N-ethyl adjacent to an activating group) is 1. The number of aliphatic hydroxyl groups is 1. The van der Waals surface area contributed by atoms with Crippen LogP contribution in [-0.4, -0.2) is 73.4 Å². The van der Waals surface area contributed by atoms with E-state index in [9.17, 15) is 19.4 Å². The van der Waals surface area contributed by atoms with Crippen LogP contribution in [0, 0.1) is 0 Å². The zero-order valence-corrected chi connectivity index (χ0v) is 48.0. The number of hydrogen-bond acceptors (Lipinski definition) is 5. The van der Waals surface area contributed by atoms with Crippen molar-refractivity contribution < 1.29 is 32.9 Å². The summed E-state index contributed by atoms with van der Waals surface area (Å²) in [5.41, 5.74) is 0. The quantitative estimate of drug-likeness (QED) is 0.0243. The number of nitrogens with one attached hydrogen (secondary N) is 1. The van der Waals surface area contributed by atoms with E-state index in [1.54, 1.807) is 6.08 Å². The molecule has 3 unspecified atom stereocenters. The maximum Gasteiger partial charge on any atom is 0.472 e. The molecule has 0 spiro atoms. The highest BCUT2D eigenvalue weighted by molar-refractivity contribution is 7.47. The lowest BCUT2D eigenvalue weighted by Crippen LogP contribution is -2.45. The third-order valence-corrected chi connectivity index (χ3v) is 12.8. The van der Waals surface area contributed by atoms with Gasteiger partial charge in [-0.25, -0.2) is 4.57 Å². The van der Waals surface area contributed by atoms with Crippen LogP contribution in [-0.2, 0) is 18.4 Å². The Hall–Kier alpha value is -3.62. The molecule has 0 fully saturated rings. The van der Waals surface area contributed by atoms with Crippen LogP contribution in [0.2, 0.25) is 0 Å². The Balaban J connectivity index is 4.41. The lowest BCUT2D eigenvalue weighted by molar-refractivity contribution is -0.870. The molecule has 0 bridgehead atoms. The van der Waals surface area contributed by atoms with Crippen LogP contribution in [0.15, 0.2) is 146 Å². The van der Waals surface area contributed by atoms with Gasteiger partial charge in [-0.1, -0.05) is 224 Å². The van der Waals surface area contributed by atoms with E-state index in [2.05, 4.69) is 153 Å². The Kier molecular flexibility index (Phi) is 50.6. The van der Waals surface area contributed by atoms with Gasteiger partial charge in [0.1, 0.15) is 13.2 Å². The zero-order valence-electron chi connectivity index (χ0n) is 47.1. The maximum atomic E-state index is 13.0. The van der Waals surface area contributed by atoms with Crippen LogP contribution in [0.4, 0.5) is 0 Å². The fourth-order valence-electron chi connectivity index (χ4n) is 7.30. The Morgan fingerprint density at radius 1 is 0.479 bits per heavy atom. The molecule has 1 amide bonds. The van der Waals surface area contributed by atoms with E-state index in [0.29, 0.717) is 23.9 Å². The number of nitrogens with zero attached hydrogens (tertiary/aromatic N) is 1. The van der Waals surface area contributed by atoms with E-state index in [0.717, 1.165) is 103 Å². The molecule has 73 heavy (non-hydrogen) atoms. The van der Waals surface area contributed by atoms with Crippen molar-refractivity contribution in [1.29, 1.82) is 0 Å². The number of quaternary nitrogens is 1. The minimum absolute atomic E-state index is 0.0380. The van der Waals surface area contributed by atoms with E-state index in [1.807, 2.05) is 27.2 Å². The average Bonchev–Trinajstić information content (AvgIpc) is 3.35. The molecule has 0 rings (SSSR count). The number of carbonyl (C=O) groups is 1. The smallest absolute Gasteiger partial charge is 0.387 e. The number of hydrogen-bond donors (Lipinski definition) is 3. The molecule has 3 N–H and O–H groups in total. The molecule has 0 aromatic heterocycles. The van der Waals surface area contributed by atoms with Gasteiger partial charge in [0.05, 0.1) is 39.9 Å². The first-order valence-electron chi connectivity index (χ1n) is 28.7. The first-order valence-corrected chi connectivity index (χ1v) is 30.2. The highest BCUT2D eigenvalue weighted by atomic mass is 31.2. The van der Waals surface area contributed by atoms with E-state index >= 15 is 0 Å². The molecular formula is C64H108N2O6P+. The van der Waals surface area contributed by atoms with Crippen molar-refractivity contribution in [3.8, 4) is 0 Å². The molecule has 0 radical (unpaired) electrons. The average molecular weight is 1030 g/mol. The van der Waals surface area contributed by atoms with E-state index in [-0.39, 0.29) is 19.1 Å². The SMILES string of the molecule is CC/C=C\C/C=C\C/C=C\C/C=C\C/C=C\C/C=C\C/C=C\C/C=C\C/C=C\CCCCCC(=O)NC(COP(=O)(O)OCC[N+](C)(C)C)C(O)/C=C/CC/C=C/CC/C=C/CCCCCCCCCCCC. The molecular weight excluding hydrogens is 924 g/mol. The fourth-order valence-corrected chi connectivity index (χ4v) is 8.04. The summed E-state index contributed by atoms with van der Waals surface area (Å²) in [6.45, 7) is 4.62. The predicted molar refractivity (Wildman–Crippen MR) is 317 cm³/mol. The van der Waals surface area contributed by atoms with Crippen LogP contribution >= 0.6 is 7.82 Å². The first kappa shape index (κ1) is 69.4. The molecule has 414 valence electrons. The van der Waals surface area contributed by atoms with Crippen molar-refractivity contribution in [2.24, 2.45) is 0 Å². The first-order chi connectivity index (χ1) is 35.5. The van der Waals surface area contributed by atoms with Gasteiger partial charge in [0.2, 0.25) is 5.91 Å². The number of rotatable bonds is 50. The highest BCUT2D eigenvalue weighted by Gasteiger charge is 2.27. The number of amides is 1. The highest BCUT2D eigenvalue weighted by Crippen LogP contribution is 2.43. The third kappa shape index (κ3) is 56.0. The molecule has 0 saturated heterocycles. The lowest BCUT2D eigenvalue weighted by Gasteiger charge is -2.25. The molecule has 0 heterocycles. The largest absolute Gasteiger partial charge is 0.472 e. The van der Waals surface area contributed by atoms with E-state index < -0.39 is 20.0 Å². The Morgan fingerprint density at radius 2 is 0.836 bits per heavy atom. The second-order valence-electron chi connectivity index (χ2n) is 19.9. The topological polar surface area (TPSA) is 105 Å². The van der Waals surface area contributed by atoms with E-state index in [1.165, 1.54) is 70.6 Å². The third-order valence-electron chi connectivity index (χ3n) is 11.8. The molecule has 0 aromatic rings. The summed E-state index contributed by atoms with van der Waals surface area (Å²) in [5.74, 6) is -0.229. The monoisotopic (exact) mass is 1030 g/mol. The van der Waals surface area contributed by atoms with Crippen molar-refractivity contribution in [1.82, 2.24) is 5.32 Å². The molecule has 0 aromatic carbocycles. The van der Waals surface area contributed by atoms with Gasteiger partial charge >= 0.3 is 7.82 Å². The van der Waals surface area contributed by atoms with Crippen molar-refractivity contribution >= 4 is 13.7 Å². The van der Waals surface area contributed by atoms with Gasteiger partial charge in [-0.3, -0.25) is 13.8 Å². The maximum absolute atomic E-state index is 13.0. The van der Waals surface area contributed by atoms with Crippen LogP contribution in [0.3, 0.4) is 0 Å². The van der Waals surface area contributed by atoms with Crippen molar-refractivity contribution in [2.45, 2.75) is 212 Å². The molecule has 8 nitrogen and oxygen atoms in total. The summed E-state index contributed by atoms with van der Waals surface area (Å²) in [7, 11) is 1.50. The Labute approximate surface area is 449 Å². The van der Waals surface area contributed by atoms with Crippen LogP contribution in [0.25, 0.3) is 0 Å². The zero-order chi connectivity index (χ0) is 53.5. The molecule has 0 aliphatic carbocycles. The molecule has 0 saturated carbocycles. The summed E-state index contributed by atoms with van der Waals surface area (Å²) in [6.07, 6.45) is 82.3. The number of phosphoric acid groups is 1. The number of phosphoric ester groups is 1. The number of allylic oxidation sites excluding steroid dienone is 23. The molecule has 0 aliphatic heterocycles. The standard InChI is InChI=1S/C64H107N2O6P/c1-6-8-10-12-14-16-18-20-22-24-26-28-29-30-31-32-33-34-35-36-37-38-40-42-44-46-48-50-52-54-56-58-64(68)65-62(61-72-73(69,70)71-60-59-66(3,4)5)63(67)57-55-53-51-49-47-45-43-41-39-27-25-23-21-19-17-15-13-11-9-7-2/h8,10,14,16,20,22,26,28,30-31,33-34,36-37,39-42,46-49,55,57,62-63,67H,6-7,9,11-13,15,17-19,21,23-25,27,29,32,35,38,43-45,50-54,56,58-61H2,1-5H3,(H-,65,68,69,70)/p+1/b10-8-,16-14-,22-20-,28-26-,31-30-,34-33-,37-36-,41-39+,42-40-,48-46-,49-47+,57-55+. The Morgan fingerprint density at radius 3 is 1.26 bits per heavy atom. The normalized spacial score (nSPS) is 15.0. The van der Waals surface area contributed by atoms with Gasteiger partial charge in [-0.2, -0.15) is 0 Å².